The highest BCUT2D eigenvalue weighted by Gasteiger charge is 2.38. The van der Waals surface area contributed by atoms with Crippen molar-refractivity contribution in [3.8, 4) is 11.3 Å². The Morgan fingerprint density at radius 3 is 2.65 bits per heavy atom. The maximum absolute atomic E-state index is 12.7. The molecule has 0 amide bonds. The number of nitrogens with one attached hydrogen (secondary N) is 1. The monoisotopic (exact) mass is 238 g/mol. The first-order chi connectivity index (χ1) is 8.07. The second-order valence-corrected chi connectivity index (χ2v) is 4.08. The molecule has 0 bridgehead atoms. The third-order valence-corrected chi connectivity index (χ3v) is 3.07. The van der Waals surface area contributed by atoms with Crippen LogP contribution in [0.5, 0.6) is 0 Å². The number of halogens is 3. The van der Waals surface area contributed by atoms with E-state index in [-0.39, 0.29) is 5.56 Å². The minimum Gasteiger partial charge on any atom is -0.273 e. The molecule has 17 heavy (non-hydrogen) atoms. The Balaban J connectivity index is 2.20. The van der Waals surface area contributed by atoms with Gasteiger partial charge in [-0.05, 0) is 18.4 Å². The molecule has 1 aromatic heterocycles. The molecule has 3 rings (SSSR count). The van der Waals surface area contributed by atoms with Crippen molar-refractivity contribution in [1.29, 1.82) is 0 Å². The molecule has 1 aliphatic rings. The number of benzene rings is 1. The molecule has 0 fully saturated rings. The fourth-order valence-corrected chi connectivity index (χ4v) is 2.29. The molecule has 2 aromatic rings. The smallest absolute Gasteiger partial charge is 0.273 e. The number of rotatable bonds is 0. The second kappa shape index (κ2) is 3.35. The summed E-state index contributed by atoms with van der Waals surface area (Å²) in [5.41, 5.74) is 1.89. The molecule has 1 aliphatic carbocycles. The summed E-state index contributed by atoms with van der Waals surface area (Å²) in [5.74, 6) is 0. The van der Waals surface area contributed by atoms with Crippen LogP contribution in [-0.2, 0) is 19.0 Å². The molecule has 1 heterocycles. The van der Waals surface area contributed by atoms with Gasteiger partial charge >= 0.3 is 6.18 Å². The highest BCUT2D eigenvalue weighted by atomic mass is 19.4. The Kier molecular flexibility index (Phi) is 2.05. The Hall–Kier alpha value is -1.78. The number of nitrogens with zero attached hydrogens (tertiary/aromatic N) is 1. The van der Waals surface area contributed by atoms with Crippen molar-refractivity contribution in [1.82, 2.24) is 10.2 Å². The molecule has 2 nitrogen and oxygen atoms in total. The Labute approximate surface area is 95.5 Å². The van der Waals surface area contributed by atoms with Crippen LogP contribution >= 0.6 is 0 Å². The zero-order valence-corrected chi connectivity index (χ0v) is 8.80. The van der Waals surface area contributed by atoms with Gasteiger partial charge in [0, 0.05) is 11.1 Å². The van der Waals surface area contributed by atoms with Gasteiger partial charge < -0.3 is 0 Å². The van der Waals surface area contributed by atoms with E-state index in [1.54, 1.807) is 0 Å². The van der Waals surface area contributed by atoms with Crippen molar-refractivity contribution in [2.75, 3.05) is 0 Å². The highest BCUT2D eigenvalue weighted by Crippen LogP contribution is 2.39. The fourth-order valence-electron chi connectivity index (χ4n) is 2.29. The van der Waals surface area contributed by atoms with Crippen molar-refractivity contribution in [2.24, 2.45) is 0 Å². The number of aryl methyl sites for hydroxylation is 1. The average Bonchev–Trinajstić information content (AvgIpc) is 2.72. The zero-order valence-electron chi connectivity index (χ0n) is 8.80. The standard InChI is InChI=1S/C12H9F3N2/c13-12(14,15)11-9-6-5-7-3-1-2-4-8(7)10(9)16-17-11/h1-4H,5-6H2,(H,16,17). The number of aromatic nitrogens is 2. The highest BCUT2D eigenvalue weighted by molar-refractivity contribution is 5.70. The third kappa shape index (κ3) is 1.53. The number of hydrogen-bond acceptors (Lipinski definition) is 1. The van der Waals surface area contributed by atoms with E-state index in [0.717, 1.165) is 11.1 Å². The summed E-state index contributed by atoms with van der Waals surface area (Å²) in [6, 6.07) is 7.45. The maximum Gasteiger partial charge on any atom is 0.433 e. The van der Waals surface area contributed by atoms with Crippen LogP contribution in [0.25, 0.3) is 11.3 Å². The summed E-state index contributed by atoms with van der Waals surface area (Å²) < 4.78 is 38.1. The topological polar surface area (TPSA) is 28.7 Å². The molecular weight excluding hydrogens is 229 g/mol. The van der Waals surface area contributed by atoms with Gasteiger partial charge in [0.25, 0.3) is 0 Å². The van der Waals surface area contributed by atoms with Crippen molar-refractivity contribution in [3.63, 3.8) is 0 Å². The molecule has 5 heteroatoms. The lowest BCUT2D eigenvalue weighted by Crippen LogP contribution is -2.11. The van der Waals surface area contributed by atoms with Crippen LogP contribution in [0.1, 0.15) is 16.8 Å². The van der Waals surface area contributed by atoms with Crippen LogP contribution in [0.3, 0.4) is 0 Å². The first kappa shape index (κ1) is 10.4. The van der Waals surface area contributed by atoms with Gasteiger partial charge in [0.2, 0.25) is 0 Å². The van der Waals surface area contributed by atoms with Gasteiger partial charge in [-0.1, -0.05) is 24.3 Å². The summed E-state index contributed by atoms with van der Waals surface area (Å²) >= 11 is 0. The molecule has 0 aliphatic heterocycles. The molecule has 0 radical (unpaired) electrons. The summed E-state index contributed by atoms with van der Waals surface area (Å²) in [6.07, 6.45) is -3.34. The van der Waals surface area contributed by atoms with Gasteiger partial charge in [0.1, 0.15) is 5.69 Å². The first-order valence-corrected chi connectivity index (χ1v) is 5.30. The lowest BCUT2D eigenvalue weighted by molar-refractivity contribution is -0.141. The van der Waals surface area contributed by atoms with E-state index in [0.29, 0.717) is 18.5 Å². The van der Waals surface area contributed by atoms with Crippen molar-refractivity contribution < 1.29 is 13.2 Å². The van der Waals surface area contributed by atoms with Gasteiger partial charge in [0.05, 0.1) is 5.69 Å². The molecule has 0 saturated heterocycles. The van der Waals surface area contributed by atoms with Crippen LogP contribution in [0.15, 0.2) is 24.3 Å². The van der Waals surface area contributed by atoms with Crippen LogP contribution < -0.4 is 0 Å². The molecule has 0 saturated carbocycles. The van der Waals surface area contributed by atoms with Gasteiger partial charge in [-0.3, -0.25) is 5.10 Å². The Bertz CT molecular complexity index is 569. The Morgan fingerprint density at radius 2 is 1.88 bits per heavy atom. The second-order valence-electron chi connectivity index (χ2n) is 4.08. The van der Waals surface area contributed by atoms with Crippen LogP contribution in [0.2, 0.25) is 0 Å². The van der Waals surface area contributed by atoms with Crippen molar-refractivity contribution in [2.45, 2.75) is 19.0 Å². The van der Waals surface area contributed by atoms with Crippen molar-refractivity contribution in [3.05, 3.63) is 41.1 Å². The molecule has 1 aromatic carbocycles. The minimum atomic E-state index is -4.35. The van der Waals surface area contributed by atoms with Crippen LogP contribution in [0.4, 0.5) is 13.2 Å². The van der Waals surface area contributed by atoms with Crippen molar-refractivity contribution >= 4 is 0 Å². The number of hydrogen-bond donors (Lipinski definition) is 1. The van der Waals surface area contributed by atoms with E-state index >= 15 is 0 Å². The number of aromatic amines is 1. The van der Waals surface area contributed by atoms with Gasteiger partial charge in [-0.25, -0.2) is 0 Å². The summed E-state index contributed by atoms with van der Waals surface area (Å²) in [5, 5.41) is 5.94. The van der Waals surface area contributed by atoms with Gasteiger partial charge in [-0.15, -0.1) is 0 Å². The van der Waals surface area contributed by atoms with E-state index < -0.39 is 11.9 Å². The minimum absolute atomic E-state index is 0.288. The maximum atomic E-state index is 12.7. The number of H-pyrrole nitrogens is 1. The third-order valence-electron chi connectivity index (χ3n) is 3.07. The van der Waals surface area contributed by atoms with E-state index in [4.69, 9.17) is 0 Å². The lowest BCUT2D eigenvalue weighted by Gasteiger charge is -2.16. The fraction of sp³-hybridized carbons (Fsp3) is 0.250. The lowest BCUT2D eigenvalue weighted by atomic mass is 9.89. The zero-order chi connectivity index (χ0) is 12.0. The SMILES string of the molecule is FC(F)(F)c1[nH]nc2c1CCc1ccccc1-2. The first-order valence-electron chi connectivity index (χ1n) is 5.30. The summed E-state index contributed by atoms with van der Waals surface area (Å²) in [6.45, 7) is 0. The van der Waals surface area contributed by atoms with E-state index in [9.17, 15) is 13.2 Å². The average molecular weight is 238 g/mol. The normalized spacial score (nSPS) is 14.3. The molecule has 1 N–H and O–H groups in total. The molecular formula is C12H9F3N2. The van der Waals surface area contributed by atoms with E-state index in [1.807, 2.05) is 24.3 Å². The largest absolute Gasteiger partial charge is 0.433 e. The predicted octanol–water partition coefficient (Wildman–Crippen LogP) is 3.19. The molecule has 0 spiro atoms. The number of fused-ring (bicyclic) bond motifs is 3. The van der Waals surface area contributed by atoms with Crippen LogP contribution in [0, 0.1) is 0 Å². The predicted molar refractivity (Wildman–Crippen MR) is 56.4 cm³/mol. The summed E-state index contributed by atoms with van der Waals surface area (Å²) in [4.78, 5) is 0. The Morgan fingerprint density at radius 1 is 1.12 bits per heavy atom. The quantitative estimate of drug-likeness (QED) is 0.750. The van der Waals surface area contributed by atoms with E-state index in [2.05, 4.69) is 10.2 Å². The number of alkyl halides is 3. The molecule has 0 atom stereocenters. The van der Waals surface area contributed by atoms with Gasteiger partial charge in [0.15, 0.2) is 0 Å². The molecule has 88 valence electrons. The summed E-state index contributed by atoms with van der Waals surface area (Å²) in [7, 11) is 0. The molecule has 0 unspecified atom stereocenters. The van der Waals surface area contributed by atoms with E-state index in [1.165, 1.54) is 0 Å². The van der Waals surface area contributed by atoms with Crippen LogP contribution in [-0.4, -0.2) is 10.2 Å². The van der Waals surface area contributed by atoms with Gasteiger partial charge in [-0.2, -0.15) is 18.3 Å².